The monoisotopic (exact) mass is 298 g/mol. The molecule has 5 nitrogen and oxygen atoms in total. The number of hydrogen-bond donors (Lipinski definition) is 2. The maximum Gasteiger partial charge on any atom is 0.256 e. The van der Waals surface area contributed by atoms with Crippen molar-refractivity contribution in [2.45, 2.75) is 0 Å². The highest BCUT2D eigenvalue weighted by molar-refractivity contribution is 6.00. The first kappa shape index (κ1) is 14.4. The van der Waals surface area contributed by atoms with E-state index in [2.05, 4.69) is 5.32 Å². The molecule has 1 saturated heterocycles. The van der Waals surface area contributed by atoms with Gasteiger partial charge in [-0.05, 0) is 36.4 Å². The lowest BCUT2D eigenvalue weighted by Crippen LogP contribution is -2.40. The largest absolute Gasteiger partial charge is 0.508 e. The molecular formula is C17H18N2O3. The highest BCUT2D eigenvalue weighted by Crippen LogP contribution is 2.23. The fourth-order valence-electron chi connectivity index (χ4n) is 2.42. The summed E-state index contributed by atoms with van der Waals surface area (Å²) in [5.41, 5.74) is 2.21. The number of phenolic OH excluding ortho intramolecular Hbond substituents is 1. The number of benzene rings is 2. The number of ether oxygens (including phenoxy) is 1. The molecule has 0 atom stereocenters. The van der Waals surface area contributed by atoms with Crippen LogP contribution in [-0.4, -0.2) is 42.2 Å². The number of phenols is 1. The molecule has 2 aromatic carbocycles. The van der Waals surface area contributed by atoms with Crippen LogP contribution in [0.1, 0.15) is 10.4 Å². The Morgan fingerprint density at radius 3 is 2.45 bits per heavy atom. The molecule has 1 heterocycles. The number of nitrogens with one attached hydrogen (secondary N) is 1. The normalized spacial score (nSPS) is 14.6. The van der Waals surface area contributed by atoms with E-state index in [0.29, 0.717) is 31.9 Å². The Hall–Kier alpha value is -2.53. The van der Waals surface area contributed by atoms with Crippen LogP contribution in [0.15, 0.2) is 48.5 Å². The first-order valence-electron chi connectivity index (χ1n) is 7.26. The highest BCUT2D eigenvalue weighted by Gasteiger charge is 2.20. The van der Waals surface area contributed by atoms with Gasteiger partial charge in [-0.1, -0.05) is 12.1 Å². The molecule has 1 amide bonds. The summed E-state index contributed by atoms with van der Waals surface area (Å²) in [6.45, 7) is 2.40. The Morgan fingerprint density at radius 1 is 1.05 bits per heavy atom. The van der Waals surface area contributed by atoms with Gasteiger partial charge in [-0.25, -0.2) is 0 Å². The highest BCUT2D eigenvalue weighted by atomic mass is 16.5. The van der Waals surface area contributed by atoms with Crippen LogP contribution >= 0.6 is 0 Å². The predicted octanol–water partition coefficient (Wildman–Crippen LogP) is 2.61. The van der Waals surface area contributed by atoms with Crippen molar-refractivity contribution in [1.82, 2.24) is 4.90 Å². The van der Waals surface area contributed by atoms with Gasteiger partial charge in [0.15, 0.2) is 0 Å². The Bertz CT molecular complexity index is 649. The zero-order valence-corrected chi connectivity index (χ0v) is 12.2. The second kappa shape index (κ2) is 6.49. The summed E-state index contributed by atoms with van der Waals surface area (Å²) in [4.78, 5) is 14.5. The van der Waals surface area contributed by atoms with Crippen molar-refractivity contribution < 1.29 is 14.6 Å². The third-order valence-electron chi connectivity index (χ3n) is 3.60. The van der Waals surface area contributed by atoms with Crippen LogP contribution in [0.5, 0.6) is 5.75 Å². The molecule has 0 saturated carbocycles. The van der Waals surface area contributed by atoms with Crippen LogP contribution in [0.4, 0.5) is 11.4 Å². The first-order valence-corrected chi connectivity index (χ1v) is 7.26. The molecule has 0 radical (unpaired) electrons. The van der Waals surface area contributed by atoms with Crippen molar-refractivity contribution >= 4 is 17.3 Å². The van der Waals surface area contributed by atoms with E-state index in [1.165, 1.54) is 0 Å². The van der Waals surface area contributed by atoms with E-state index >= 15 is 0 Å². The molecule has 3 rings (SSSR count). The summed E-state index contributed by atoms with van der Waals surface area (Å²) < 4.78 is 5.29. The Morgan fingerprint density at radius 2 is 1.73 bits per heavy atom. The molecular weight excluding hydrogens is 280 g/mol. The Balaban J connectivity index is 1.82. The van der Waals surface area contributed by atoms with E-state index in [-0.39, 0.29) is 11.7 Å². The molecule has 2 N–H and O–H groups in total. The standard InChI is InChI=1S/C17H18N2O3/c20-14-7-5-13(6-8-14)18-16-4-2-1-3-15(16)17(21)19-9-11-22-12-10-19/h1-8,18,20H,9-12H2. The van der Waals surface area contributed by atoms with Gasteiger partial charge in [0.05, 0.1) is 24.5 Å². The maximum absolute atomic E-state index is 12.7. The van der Waals surface area contributed by atoms with Gasteiger partial charge in [-0.15, -0.1) is 0 Å². The minimum absolute atomic E-state index is 0.00479. The molecule has 0 aromatic heterocycles. The topological polar surface area (TPSA) is 61.8 Å². The number of morpholine rings is 1. The molecule has 2 aromatic rings. The van der Waals surface area contributed by atoms with E-state index < -0.39 is 0 Å². The fourth-order valence-corrected chi connectivity index (χ4v) is 2.42. The van der Waals surface area contributed by atoms with Crippen molar-refractivity contribution in [3.63, 3.8) is 0 Å². The minimum atomic E-state index is 0.00479. The molecule has 1 fully saturated rings. The lowest BCUT2D eigenvalue weighted by atomic mass is 10.1. The van der Waals surface area contributed by atoms with Crippen molar-refractivity contribution in [1.29, 1.82) is 0 Å². The molecule has 1 aliphatic rings. The summed E-state index contributed by atoms with van der Waals surface area (Å²) in [6.07, 6.45) is 0. The summed E-state index contributed by atoms with van der Waals surface area (Å²) in [5.74, 6) is 0.216. The van der Waals surface area contributed by atoms with Crippen LogP contribution in [0.2, 0.25) is 0 Å². The van der Waals surface area contributed by atoms with Crippen LogP contribution < -0.4 is 5.32 Å². The second-order valence-electron chi connectivity index (χ2n) is 5.12. The number of anilines is 2. The molecule has 0 spiro atoms. The van der Waals surface area contributed by atoms with Gasteiger partial charge < -0.3 is 20.1 Å². The number of rotatable bonds is 3. The smallest absolute Gasteiger partial charge is 0.256 e. The number of carbonyl (C=O) groups is 1. The molecule has 0 bridgehead atoms. The zero-order chi connectivity index (χ0) is 15.4. The van der Waals surface area contributed by atoms with Gasteiger partial charge in [0.1, 0.15) is 5.75 Å². The molecule has 22 heavy (non-hydrogen) atoms. The number of nitrogens with zero attached hydrogens (tertiary/aromatic N) is 1. The fraction of sp³-hybridized carbons (Fsp3) is 0.235. The molecule has 114 valence electrons. The maximum atomic E-state index is 12.7. The van der Waals surface area contributed by atoms with E-state index in [9.17, 15) is 9.90 Å². The number of hydrogen-bond acceptors (Lipinski definition) is 4. The molecule has 0 unspecified atom stereocenters. The third kappa shape index (κ3) is 3.20. The van der Waals surface area contributed by atoms with Gasteiger partial charge in [0.25, 0.3) is 5.91 Å². The lowest BCUT2D eigenvalue weighted by Gasteiger charge is -2.27. The average Bonchev–Trinajstić information content (AvgIpc) is 2.58. The van der Waals surface area contributed by atoms with Crippen molar-refractivity contribution in [3.8, 4) is 5.75 Å². The van der Waals surface area contributed by atoms with Crippen LogP contribution in [0.25, 0.3) is 0 Å². The second-order valence-corrected chi connectivity index (χ2v) is 5.12. The number of aromatic hydroxyl groups is 1. The van der Waals surface area contributed by atoms with Gasteiger partial charge in [-0.2, -0.15) is 0 Å². The van der Waals surface area contributed by atoms with Crippen LogP contribution in [0, 0.1) is 0 Å². The van der Waals surface area contributed by atoms with Gasteiger partial charge >= 0.3 is 0 Å². The SMILES string of the molecule is O=C(c1ccccc1Nc1ccc(O)cc1)N1CCOCC1. The quantitative estimate of drug-likeness (QED) is 0.855. The number of amides is 1. The zero-order valence-electron chi connectivity index (χ0n) is 12.2. The van der Waals surface area contributed by atoms with Gasteiger partial charge in [0, 0.05) is 18.8 Å². The minimum Gasteiger partial charge on any atom is -0.508 e. The van der Waals surface area contributed by atoms with E-state index in [1.54, 1.807) is 29.2 Å². The van der Waals surface area contributed by atoms with E-state index in [0.717, 1.165) is 11.4 Å². The predicted molar refractivity (Wildman–Crippen MR) is 84.6 cm³/mol. The van der Waals surface area contributed by atoms with E-state index in [1.807, 2.05) is 24.3 Å². The summed E-state index contributed by atoms with van der Waals surface area (Å²) in [7, 11) is 0. The van der Waals surface area contributed by atoms with Crippen LogP contribution in [-0.2, 0) is 4.74 Å². The average molecular weight is 298 g/mol. The van der Waals surface area contributed by atoms with E-state index in [4.69, 9.17) is 4.74 Å². The molecule has 0 aliphatic carbocycles. The van der Waals surface area contributed by atoms with Gasteiger partial charge in [0.2, 0.25) is 0 Å². The Kier molecular flexibility index (Phi) is 4.25. The number of para-hydroxylation sites is 1. The summed E-state index contributed by atoms with van der Waals surface area (Å²) in [5, 5.41) is 12.6. The van der Waals surface area contributed by atoms with Crippen molar-refractivity contribution in [3.05, 3.63) is 54.1 Å². The Labute approximate surface area is 129 Å². The first-order chi connectivity index (χ1) is 10.7. The third-order valence-corrected chi connectivity index (χ3v) is 3.60. The summed E-state index contributed by atoms with van der Waals surface area (Å²) in [6, 6.07) is 14.2. The summed E-state index contributed by atoms with van der Waals surface area (Å²) >= 11 is 0. The van der Waals surface area contributed by atoms with Crippen LogP contribution in [0.3, 0.4) is 0 Å². The van der Waals surface area contributed by atoms with Crippen molar-refractivity contribution in [2.75, 3.05) is 31.6 Å². The lowest BCUT2D eigenvalue weighted by molar-refractivity contribution is 0.0303. The number of carbonyl (C=O) groups excluding carboxylic acids is 1. The molecule has 5 heteroatoms. The van der Waals surface area contributed by atoms with Gasteiger partial charge in [-0.3, -0.25) is 4.79 Å². The van der Waals surface area contributed by atoms with Crippen molar-refractivity contribution in [2.24, 2.45) is 0 Å². The molecule has 1 aliphatic heterocycles.